The first kappa shape index (κ1) is 12.8. The lowest BCUT2D eigenvalue weighted by molar-refractivity contribution is 0.469. The number of rotatable bonds is 5. The largest absolute Gasteiger partial charge is 0.314 e. The fraction of sp³-hybridized carbons (Fsp3) is 0.400. The number of nitrogens with one attached hydrogen (secondary N) is 2. The highest BCUT2D eigenvalue weighted by molar-refractivity contribution is 7.07. The lowest BCUT2D eigenvalue weighted by Crippen LogP contribution is -2.37. The molecule has 0 aliphatic carbocycles. The molecule has 1 aliphatic rings. The van der Waals surface area contributed by atoms with Gasteiger partial charge >= 0.3 is 0 Å². The molecule has 2 aromatic rings. The molecule has 0 bridgehead atoms. The Morgan fingerprint density at radius 3 is 3.21 bits per heavy atom. The lowest BCUT2D eigenvalue weighted by Gasteiger charge is -2.27. The number of hydrogen-bond donors (Lipinski definition) is 2. The first-order chi connectivity index (χ1) is 9.43. The number of hydrogen-bond acceptors (Lipinski definition) is 4. The molecule has 4 heteroatoms. The third-order valence-electron chi connectivity index (χ3n) is 3.61. The van der Waals surface area contributed by atoms with Gasteiger partial charge in [-0.3, -0.25) is 0 Å². The van der Waals surface area contributed by atoms with Gasteiger partial charge in [0.25, 0.3) is 0 Å². The standard InChI is InChI=1S/C15H19N3S/c1-2-4-14-12(3-1)5-8-17-15(14)9-16-7-6-13-10-19-11-18-13/h1-4,10-11,15-17H,5-9H2. The van der Waals surface area contributed by atoms with E-state index < -0.39 is 0 Å². The van der Waals surface area contributed by atoms with Gasteiger partial charge < -0.3 is 10.6 Å². The number of benzene rings is 1. The zero-order valence-electron chi connectivity index (χ0n) is 10.9. The van der Waals surface area contributed by atoms with E-state index in [4.69, 9.17) is 0 Å². The van der Waals surface area contributed by atoms with Crippen LogP contribution in [0.25, 0.3) is 0 Å². The lowest BCUT2D eigenvalue weighted by atomic mass is 9.94. The van der Waals surface area contributed by atoms with Crippen LogP contribution in [-0.2, 0) is 12.8 Å². The van der Waals surface area contributed by atoms with Crippen LogP contribution in [0.4, 0.5) is 0 Å². The number of aromatic nitrogens is 1. The van der Waals surface area contributed by atoms with Crippen molar-refractivity contribution in [3.8, 4) is 0 Å². The Morgan fingerprint density at radius 1 is 1.37 bits per heavy atom. The van der Waals surface area contributed by atoms with Gasteiger partial charge in [0.2, 0.25) is 0 Å². The summed E-state index contributed by atoms with van der Waals surface area (Å²) >= 11 is 1.67. The van der Waals surface area contributed by atoms with Gasteiger partial charge in [0.15, 0.2) is 0 Å². The smallest absolute Gasteiger partial charge is 0.0794 e. The van der Waals surface area contributed by atoms with Crippen LogP contribution in [-0.4, -0.2) is 24.6 Å². The quantitative estimate of drug-likeness (QED) is 0.820. The topological polar surface area (TPSA) is 37.0 Å². The maximum Gasteiger partial charge on any atom is 0.0794 e. The van der Waals surface area contributed by atoms with Crippen molar-refractivity contribution < 1.29 is 0 Å². The molecule has 0 spiro atoms. The van der Waals surface area contributed by atoms with Crippen LogP contribution >= 0.6 is 11.3 Å². The second-order valence-electron chi connectivity index (χ2n) is 4.89. The Kier molecular flexibility index (Phi) is 4.23. The average Bonchev–Trinajstić information content (AvgIpc) is 2.97. The monoisotopic (exact) mass is 273 g/mol. The highest BCUT2D eigenvalue weighted by Gasteiger charge is 2.18. The average molecular weight is 273 g/mol. The highest BCUT2D eigenvalue weighted by Crippen LogP contribution is 2.21. The molecule has 0 amide bonds. The molecule has 3 nitrogen and oxygen atoms in total. The zero-order chi connectivity index (χ0) is 12.9. The van der Waals surface area contributed by atoms with Crippen molar-refractivity contribution in [2.45, 2.75) is 18.9 Å². The second-order valence-corrected chi connectivity index (χ2v) is 5.61. The molecular weight excluding hydrogens is 254 g/mol. The normalized spacial score (nSPS) is 18.2. The third kappa shape index (κ3) is 3.21. The Balaban J connectivity index is 1.51. The predicted molar refractivity (Wildman–Crippen MR) is 79.6 cm³/mol. The molecule has 2 heterocycles. The molecule has 1 atom stereocenters. The first-order valence-corrected chi connectivity index (χ1v) is 7.77. The summed E-state index contributed by atoms with van der Waals surface area (Å²) in [7, 11) is 0. The van der Waals surface area contributed by atoms with Gasteiger partial charge in [-0.05, 0) is 24.1 Å². The van der Waals surface area contributed by atoms with Crippen molar-refractivity contribution in [3.05, 3.63) is 52.0 Å². The first-order valence-electron chi connectivity index (χ1n) is 6.82. The van der Waals surface area contributed by atoms with Crippen LogP contribution < -0.4 is 10.6 Å². The predicted octanol–water partition coefficient (Wildman–Crippen LogP) is 2.16. The van der Waals surface area contributed by atoms with Gasteiger partial charge in [-0.15, -0.1) is 11.3 Å². The van der Waals surface area contributed by atoms with Crippen molar-refractivity contribution >= 4 is 11.3 Å². The van der Waals surface area contributed by atoms with Crippen molar-refractivity contribution in [1.29, 1.82) is 0 Å². The van der Waals surface area contributed by atoms with Gasteiger partial charge in [-0.25, -0.2) is 4.98 Å². The SMILES string of the molecule is c1ccc2c(c1)CCNC2CNCCc1cscn1. The van der Waals surface area contributed by atoms with Crippen LogP contribution in [0.3, 0.4) is 0 Å². The van der Waals surface area contributed by atoms with Crippen molar-refractivity contribution in [3.63, 3.8) is 0 Å². The minimum Gasteiger partial charge on any atom is -0.314 e. The summed E-state index contributed by atoms with van der Waals surface area (Å²) in [5.74, 6) is 0. The molecule has 3 rings (SSSR count). The number of nitrogens with zero attached hydrogens (tertiary/aromatic N) is 1. The Hall–Kier alpha value is -1.23. The zero-order valence-corrected chi connectivity index (χ0v) is 11.7. The van der Waals surface area contributed by atoms with Crippen LogP contribution in [0.2, 0.25) is 0 Å². The molecule has 0 fully saturated rings. The molecule has 2 N–H and O–H groups in total. The minimum absolute atomic E-state index is 0.445. The summed E-state index contributed by atoms with van der Waals surface area (Å²) in [4.78, 5) is 4.30. The van der Waals surface area contributed by atoms with Gasteiger partial charge in [0.1, 0.15) is 0 Å². The van der Waals surface area contributed by atoms with Crippen molar-refractivity contribution in [2.75, 3.05) is 19.6 Å². The van der Waals surface area contributed by atoms with Crippen LogP contribution in [0.15, 0.2) is 35.2 Å². The van der Waals surface area contributed by atoms with Crippen LogP contribution in [0, 0.1) is 0 Å². The fourth-order valence-electron chi connectivity index (χ4n) is 2.60. The summed E-state index contributed by atoms with van der Waals surface area (Å²) in [6, 6.07) is 9.21. The molecule has 1 aliphatic heterocycles. The highest BCUT2D eigenvalue weighted by atomic mass is 32.1. The number of thiazole rings is 1. The van der Waals surface area contributed by atoms with Gasteiger partial charge in [-0.1, -0.05) is 24.3 Å². The molecule has 1 unspecified atom stereocenters. The maximum absolute atomic E-state index is 4.30. The molecule has 1 aromatic heterocycles. The minimum atomic E-state index is 0.445. The summed E-state index contributed by atoms with van der Waals surface area (Å²) in [5.41, 5.74) is 6.03. The molecule has 0 saturated heterocycles. The Bertz CT molecular complexity index is 510. The van der Waals surface area contributed by atoms with E-state index in [9.17, 15) is 0 Å². The number of fused-ring (bicyclic) bond motifs is 1. The van der Waals surface area contributed by atoms with Crippen molar-refractivity contribution in [2.24, 2.45) is 0 Å². The van der Waals surface area contributed by atoms with E-state index in [-0.39, 0.29) is 0 Å². The Labute approximate surface area is 118 Å². The van der Waals surface area contributed by atoms with Gasteiger partial charge in [0, 0.05) is 30.9 Å². The summed E-state index contributed by atoms with van der Waals surface area (Å²) in [5, 5.41) is 9.25. The van der Waals surface area contributed by atoms with Crippen LogP contribution in [0.5, 0.6) is 0 Å². The molecular formula is C15H19N3S. The van der Waals surface area contributed by atoms with Crippen molar-refractivity contribution in [1.82, 2.24) is 15.6 Å². The van der Waals surface area contributed by atoms with Crippen LogP contribution in [0.1, 0.15) is 22.9 Å². The van der Waals surface area contributed by atoms with Gasteiger partial charge in [0.05, 0.1) is 11.2 Å². The van der Waals surface area contributed by atoms with E-state index in [1.54, 1.807) is 11.3 Å². The van der Waals surface area contributed by atoms with E-state index in [2.05, 4.69) is 45.3 Å². The Morgan fingerprint density at radius 2 is 2.32 bits per heavy atom. The molecule has 19 heavy (non-hydrogen) atoms. The maximum atomic E-state index is 4.30. The summed E-state index contributed by atoms with van der Waals surface area (Å²) in [6.45, 7) is 3.06. The van der Waals surface area contributed by atoms with E-state index in [0.717, 1.165) is 32.5 Å². The van der Waals surface area contributed by atoms with E-state index in [1.165, 1.54) is 16.8 Å². The molecule has 100 valence electrons. The second kappa shape index (κ2) is 6.28. The molecule has 0 radical (unpaired) electrons. The molecule has 1 aromatic carbocycles. The van der Waals surface area contributed by atoms with Gasteiger partial charge in [-0.2, -0.15) is 0 Å². The summed E-state index contributed by atoms with van der Waals surface area (Å²) in [6.07, 6.45) is 2.16. The molecule has 0 saturated carbocycles. The van der Waals surface area contributed by atoms with E-state index in [0.29, 0.717) is 6.04 Å². The van der Waals surface area contributed by atoms with E-state index >= 15 is 0 Å². The van der Waals surface area contributed by atoms with E-state index in [1.807, 2.05) is 5.51 Å². The third-order valence-corrected chi connectivity index (χ3v) is 4.24. The fourth-order valence-corrected chi connectivity index (χ4v) is 3.19. The summed E-state index contributed by atoms with van der Waals surface area (Å²) < 4.78 is 0.